The fraction of sp³-hybridized carbons (Fsp3) is 0.300. The molecule has 0 bridgehead atoms. The van der Waals surface area contributed by atoms with E-state index in [4.69, 9.17) is 4.74 Å². The van der Waals surface area contributed by atoms with Gasteiger partial charge in [-0.15, -0.1) is 0 Å². The highest BCUT2D eigenvalue weighted by molar-refractivity contribution is 5.95. The molecule has 0 radical (unpaired) electrons. The summed E-state index contributed by atoms with van der Waals surface area (Å²) in [6.45, 7) is 4.36. The van der Waals surface area contributed by atoms with Crippen LogP contribution in [0.5, 0.6) is 5.75 Å². The Kier molecular flexibility index (Phi) is 6.57. The number of amides is 2. The summed E-state index contributed by atoms with van der Waals surface area (Å²) in [7, 11) is 1.57. The van der Waals surface area contributed by atoms with Crippen molar-refractivity contribution in [2.75, 3.05) is 25.5 Å². The van der Waals surface area contributed by atoms with Gasteiger partial charge in [-0.2, -0.15) is 0 Å². The molecule has 0 aliphatic rings. The van der Waals surface area contributed by atoms with Crippen LogP contribution in [0.1, 0.15) is 18.1 Å². The number of nitrogens with one attached hydrogen (secondary N) is 1. The van der Waals surface area contributed by atoms with Crippen LogP contribution in [0.3, 0.4) is 0 Å². The van der Waals surface area contributed by atoms with Crippen LogP contribution < -0.4 is 10.1 Å². The van der Waals surface area contributed by atoms with Crippen molar-refractivity contribution in [3.8, 4) is 5.75 Å². The van der Waals surface area contributed by atoms with Crippen LogP contribution in [0.15, 0.2) is 48.5 Å². The number of likely N-dealkylation sites (N-methyl/N-ethyl adjacent to an activating group) is 1. The molecule has 0 aliphatic heterocycles. The van der Waals surface area contributed by atoms with Crippen molar-refractivity contribution in [3.63, 3.8) is 0 Å². The zero-order valence-corrected chi connectivity index (χ0v) is 14.9. The van der Waals surface area contributed by atoms with Gasteiger partial charge in [-0.25, -0.2) is 0 Å². The normalized spacial score (nSPS) is 10.2. The second-order valence-electron chi connectivity index (χ2n) is 5.79. The molecule has 0 saturated heterocycles. The number of benzene rings is 2. The topological polar surface area (TPSA) is 58.6 Å². The molecule has 0 saturated carbocycles. The molecule has 0 atom stereocenters. The van der Waals surface area contributed by atoms with Crippen molar-refractivity contribution in [3.05, 3.63) is 59.7 Å². The quantitative estimate of drug-likeness (QED) is 0.843. The molecule has 0 aromatic heterocycles. The number of ether oxygens (including phenoxy) is 1. The van der Waals surface area contributed by atoms with E-state index in [0.29, 0.717) is 24.4 Å². The molecule has 0 unspecified atom stereocenters. The summed E-state index contributed by atoms with van der Waals surface area (Å²) in [6.07, 6.45) is 0.299. The Bertz CT molecular complexity index is 743. The Balaban J connectivity index is 1.97. The number of carbonyl (C=O) groups excluding carboxylic acids is 2. The largest absolute Gasteiger partial charge is 0.497 e. The van der Waals surface area contributed by atoms with Crippen LogP contribution in [-0.4, -0.2) is 36.9 Å². The molecule has 0 aliphatic carbocycles. The predicted octanol–water partition coefficient (Wildman–Crippen LogP) is 3.03. The highest BCUT2D eigenvalue weighted by atomic mass is 16.5. The molecule has 0 heterocycles. The van der Waals surface area contributed by atoms with Gasteiger partial charge in [0.05, 0.1) is 20.1 Å². The van der Waals surface area contributed by atoms with Crippen LogP contribution in [0.25, 0.3) is 0 Å². The Labute approximate surface area is 148 Å². The molecular weight excluding hydrogens is 316 g/mol. The first-order valence-corrected chi connectivity index (χ1v) is 8.29. The van der Waals surface area contributed by atoms with Crippen molar-refractivity contribution in [1.82, 2.24) is 4.90 Å². The Morgan fingerprint density at radius 1 is 1.12 bits per heavy atom. The van der Waals surface area contributed by atoms with Crippen molar-refractivity contribution in [1.29, 1.82) is 0 Å². The van der Waals surface area contributed by atoms with Crippen molar-refractivity contribution < 1.29 is 14.3 Å². The first-order chi connectivity index (χ1) is 12.0. The van der Waals surface area contributed by atoms with E-state index in [0.717, 1.165) is 11.1 Å². The van der Waals surface area contributed by atoms with Gasteiger partial charge in [0.15, 0.2) is 0 Å². The van der Waals surface area contributed by atoms with Crippen LogP contribution in [0, 0.1) is 6.92 Å². The van der Waals surface area contributed by atoms with Gasteiger partial charge in [-0.05, 0) is 37.1 Å². The molecular formula is C20H24N2O3. The van der Waals surface area contributed by atoms with Gasteiger partial charge in [0.2, 0.25) is 11.8 Å². The van der Waals surface area contributed by atoms with E-state index < -0.39 is 0 Å². The minimum atomic E-state index is -0.228. The van der Waals surface area contributed by atoms with Crippen molar-refractivity contribution in [2.24, 2.45) is 0 Å². The summed E-state index contributed by atoms with van der Waals surface area (Å²) >= 11 is 0. The molecule has 0 fully saturated rings. The molecule has 2 aromatic carbocycles. The van der Waals surface area contributed by atoms with E-state index in [1.54, 1.807) is 36.3 Å². The van der Waals surface area contributed by atoms with Crippen molar-refractivity contribution in [2.45, 2.75) is 20.3 Å². The predicted molar refractivity (Wildman–Crippen MR) is 98.8 cm³/mol. The van der Waals surface area contributed by atoms with Gasteiger partial charge in [0, 0.05) is 18.3 Å². The number of anilines is 1. The summed E-state index contributed by atoms with van der Waals surface area (Å²) in [4.78, 5) is 26.3. The highest BCUT2D eigenvalue weighted by Gasteiger charge is 2.17. The maximum absolute atomic E-state index is 12.5. The average Bonchev–Trinajstić information content (AvgIpc) is 2.61. The summed E-state index contributed by atoms with van der Waals surface area (Å²) in [5.74, 6) is 0.381. The van der Waals surface area contributed by atoms with Crippen molar-refractivity contribution >= 4 is 17.5 Å². The second kappa shape index (κ2) is 8.87. The number of nitrogens with zero attached hydrogens (tertiary/aromatic N) is 1. The van der Waals surface area contributed by atoms with E-state index >= 15 is 0 Å². The Hall–Kier alpha value is -2.82. The monoisotopic (exact) mass is 340 g/mol. The van der Waals surface area contributed by atoms with Gasteiger partial charge in [0.25, 0.3) is 0 Å². The zero-order valence-electron chi connectivity index (χ0n) is 14.9. The smallest absolute Gasteiger partial charge is 0.243 e. The Morgan fingerprint density at radius 3 is 2.56 bits per heavy atom. The number of hydrogen-bond acceptors (Lipinski definition) is 3. The lowest BCUT2D eigenvalue weighted by atomic mass is 10.1. The van der Waals surface area contributed by atoms with Crippen LogP contribution in [-0.2, 0) is 16.0 Å². The Morgan fingerprint density at radius 2 is 1.88 bits per heavy atom. The lowest BCUT2D eigenvalue weighted by molar-refractivity contribution is -0.133. The molecule has 2 rings (SSSR count). The third-order valence-electron chi connectivity index (χ3n) is 4.03. The molecule has 2 amide bonds. The average molecular weight is 340 g/mol. The standard InChI is InChI=1S/C20H24N2O3/c1-4-22(20(24)12-16-9-6-5-8-15(16)2)14-19(23)21-17-10-7-11-18(13-17)25-3/h5-11,13H,4,12,14H2,1-3H3,(H,21,23). The molecule has 1 N–H and O–H groups in total. The molecule has 5 nitrogen and oxygen atoms in total. The van der Waals surface area contributed by atoms with Gasteiger partial charge < -0.3 is 15.0 Å². The second-order valence-corrected chi connectivity index (χ2v) is 5.79. The number of carbonyl (C=O) groups is 2. The summed E-state index contributed by atoms with van der Waals surface area (Å²) in [6, 6.07) is 14.9. The fourth-order valence-electron chi connectivity index (χ4n) is 2.53. The van der Waals surface area contributed by atoms with E-state index in [9.17, 15) is 9.59 Å². The number of hydrogen-bond donors (Lipinski definition) is 1. The number of rotatable bonds is 7. The van der Waals surface area contributed by atoms with Gasteiger partial charge in [-0.3, -0.25) is 9.59 Å². The van der Waals surface area contributed by atoms with Gasteiger partial charge in [0.1, 0.15) is 5.75 Å². The minimum Gasteiger partial charge on any atom is -0.497 e. The summed E-state index contributed by atoms with van der Waals surface area (Å²) in [5.41, 5.74) is 2.71. The summed E-state index contributed by atoms with van der Waals surface area (Å²) < 4.78 is 5.14. The van der Waals surface area contributed by atoms with Gasteiger partial charge in [-0.1, -0.05) is 30.3 Å². The van der Waals surface area contributed by atoms with E-state index in [1.807, 2.05) is 38.1 Å². The third-order valence-corrected chi connectivity index (χ3v) is 4.03. The SMILES string of the molecule is CCN(CC(=O)Nc1cccc(OC)c1)C(=O)Cc1ccccc1C. The maximum atomic E-state index is 12.5. The first-order valence-electron chi connectivity index (χ1n) is 8.29. The van der Waals surface area contributed by atoms with E-state index in [-0.39, 0.29) is 18.4 Å². The number of methoxy groups -OCH3 is 1. The molecule has 132 valence electrons. The maximum Gasteiger partial charge on any atom is 0.243 e. The van der Waals surface area contributed by atoms with Crippen LogP contribution in [0.4, 0.5) is 5.69 Å². The lowest BCUT2D eigenvalue weighted by Gasteiger charge is -2.21. The summed E-state index contributed by atoms with van der Waals surface area (Å²) in [5, 5.41) is 2.80. The van der Waals surface area contributed by atoms with Gasteiger partial charge >= 0.3 is 0 Å². The minimum absolute atomic E-state index is 0.0262. The van der Waals surface area contributed by atoms with Crippen LogP contribution in [0.2, 0.25) is 0 Å². The molecule has 25 heavy (non-hydrogen) atoms. The van der Waals surface area contributed by atoms with E-state index in [1.165, 1.54) is 0 Å². The molecule has 2 aromatic rings. The fourth-order valence-corrected chi connectivity index (χ4v) is 2.53. The molecule has 0 spiro atoms. The third kappa shape index (κ3) is 5.35. The zero-order chi connectivity index (χ0) is 18.2. The molecule has 5 heteroatoms. The lowest BCUT2D eigenvalue weighted by Crippen LogP contribution is -2.38. The van der Waals surface area contributed by atoms with Crippen LogP contribution >= 0.6 is 0 Å². The first kappa shape index (κ1) is 18.5. The highest BCUT2D eigenvalue weighted by Crippen LogP contribution is 2.16. The van der Waals surface area contributed by atoms with E-state index in [2.05, 4.69) is 5.32 Å². The number of aryl methyl sites for hydroxylation is 1.